The monoisotopic (exact) mass is 453 g/mol. The number of likely N-dealkylation sites (tertiary alicyclic amines) is 1. The lowest BCUT2D eigenvalue weighted by Gasteiger charge is -2.24. The first-order chi connectivity index (χ1) is 15.4. The second-order valence-corrected chi connectivity index (χ2v) is 8.12. The molecule has 1 saturated heterocycles. The fourth-order valence-electron chi connectivity index (χ4n) is 3.72. The summed E-state index contributed by atoms with van der Waals surface area (Å²) >= 11 is 1.38. The Kier molecular flexibility index (Phi) is 5.96. The van der Waals surface area contributed by atoms with E-state index in [1.165, 1.54) is 54.7 Å². The van der Waals surface area contributed by atoms with E-state index in [-0.39, 0.29) is 23.4 Å². The number of aliphatic hydroxyl groups excluding tert-OH is 1. The lowest BCUT2D eigenvalue weighted by Crippen LogP contribution is -2.28. The number of hydrogen-bond acceptors (Lipinski definition) is 6. The van der Waals surface area contributed by atoms with Crippen molar-refractivity contribution in [2.75, 3.05) is 14.2 Å². The third-order valence-corrected chi connectivity index (χ3v) is 6.20. The van der Waals surface area contributed by atoms with E-state index in [9.17, 15) is 19.1 Å². The third-order valence-electron chi connectivity index (χ3n) is 5.27. The van der Waals surface area contributed by atoms with Crippen LogP contribution in [0.4, 0.5) is 4.39 Å². The van der Waals surface area contributed by atoms with Crippen molar-refractivity contribution < 1.29 is 28.6 Å². The van der Waals surface area contributed by atoms with Crippen LogP contribution in [0.15, 0.2) is 65.6 Å². The molecule has 3 aromatic rings. The second-order valence-electron chi connectivity index (χ2n) is 7.14. The third kappa shape index (κ3) is 3.85. The van der Waals surface area contributed by atoms with Gasteiger partial charge in [-0.3, -0.25) is 9.59 Å². The maximum absolute atomic E-state index is 13.3. The average Bonchev–Trinajstić information content (AvgIpc) is 3.42. The number of carbonyl (C=O) groups excluding carboxylic acids is 2. The van der Waals surface area contributed by atoms with Crippen molar-refractivity contribution >= 4 is 28.8 Å². The molecule has 0 spiro atoms. The fraction of sp³-hybridized carbons (Fsp3) is 0.167. The van der Waals surface area contributed by atoms with Gasteiger partial charge in [0.05, 0.1) is 25.8 Å². The molecule has 4 rings (SSSR count). The summed E-state index contributed by atoms with van der Waals surface area (Å²) in [5, 5.41) is 12.8. The molecule has 1 aliphatic rings. The molecule has 32 heavy (non-hydrogen) atoms. The van der Waals surface area contributed by atoms with Gasteiger partial charge in [0.1, 0.15) is 11.6 Å². The van der Waals surface area contributed by atoms with Gasteiger partial charge in [-0.2, -0.15) is 0 Å². The Bertz CT molecular complexity index is 1190. The molecular weight excluding hydrogens is 433 g/mol. The van der Waals surface area contributed by atoms with Gasteiger partial charge >= 0.3 is 0 Å². The van der Waals surface area contributed by atoms with Crippen molar-refractivity contribution in [3.63, 3.8) is 0 Å². The van der Waals surface area contributed by atoms with Crippen LogP contribution in [0, 0.1) is 5.82 Å². The largest absolute Gasteiger partial charge is 0.507 e. The Morgan fingerprint density at radius 3 is 2.41 bits per heavy atom. The number of halogens is 1. The van der Waals surface area contributed by atoms with Gasteiger partial charge in [0, 0.05) is 17.0 Å². The maximum Gasteiger partial charge on any atom is 0.295 e. The second kappa shape index (κ2) is 8.84. The number of ketones is 1. The van der Waals surface area contributed by atoms with Crippen LogP contribution in [0.2, 0.25) is 0 Å². The molecule has 1 aromatic heterocycles. The molecule has 1 unspecified atom stereocenters. The highest BCUT2D eigenvalue weighted by atomic mass is 32.1. The zero-order chi connectivity index (χ0) is 22.8. The maximum atomic E-state index is 13.3. The Balaban J connectivity index is 1.79. The van der Waals surface area contributed by atoms with E-state index in [4.69, 9.17) is 9.47 Å². The van der Waals surface area contributed by atoms with Gasteiger partial charge in [-0.05, 0) is 53.4 Å². The van der Waals surface area contributed by atoms with Crippen molar-refractivity contribution in [1.29, 1.82) is 0 Å². The molecule has 6 nitrogen and oxygen atoms in total. The first-order valence-corrected chi connectivity index (χ1v) is 10.6. The summed E-state index contributed by atoms with van der Waals surface area (Å²) in [7, 11) is 3.05. The van der Waals surface area contributed by atoms with Crippen molar-refractivity contribution in [3.8, 4) is 11.5 Å². The molecule has 2 heterocycles. The zero-order valence-electron chi connectivity index (χ0n) is 17.4. The van der Waals surface area contributed by atoms with Crippen LogP contribution in [-0.4, -0.2) is 35.9 Å². The van der Waals surface area contributed by atoms with Crippen LogP contribution in [0.3, 0.4) is 0 Å². The standard InChI is InChI=1S/C24H20FNO5S/c1-30-17-10-5-14(12-18(17)31-2)13-26-21(19-4-3-11-32-19)20(23(28)24(26)29)22(27)15-6-8-16(25)9-7-15/h3-12,21,27H,13H2,1-2H3/b22-20-. The summed E-state index contributed by atoms with van der Waals surface area (Å²) in [6.07, 6.45) is 0. The molecule has 164 valence electrons. The Labute approximate surface area is 188 Å². The zero-order valence-corrected chi connectivity index (χ0v) is 18.2. The Hall–Kier alpha value is -3.65. The predicted octanol–water partition coefficient (Wildman–Crippen LogP) is 4.53. The number of amides is 1. The van der Waals surface area contributed by atoms with Gasteiger partial charge in [-0.1, -0.05) is 12.1 Å². The number of hydrogen-bond donors (Lipinski definition) is 1. The molecule has 1 aliphatic heterocycles. The van der Waals surface area contributed by atoms with Gasteiger partial charge in [0.25, 0.3) is 11.7 Å². The minimum Gasteiger partial charge on any atom is -0.507 e. The molecule has 0 bridgehead atoms. The summed E-state index contributed by atoms with van der Waals surface area (Å²) in [4.78, 5) is 28.2. The SMILES string of the molecule is COc1ccc(CN2C(=O)C(=O)/C(=C(\O)c3ccc(F)cc3)C2c2cccs2)cc1OC. The highest BCUT2D eigenvalue weighted by Crippen LogP contribution is 2.42. The van der Waals surface area contributed by atoms with Gasteiger partial charge in [-0.25, -0.2) is 4.39 Å². The van der Waals surface area contributed by atoms with Gasteiger partial charge in [-0.15, -0.1) is 11.3 Å². The molecular formula is C24H20FNO5S. The number of nitrogens with zero attached hydrogens (tertiary/aromatic N) is 1. The first-order valence-electron chi connectivity index (χ1n) is 9.73. The normalized spacial score (nSPS) is 17.6. The quantitative estimate of drug-likeness (QED) is 0.337. The Morgan fingerprint density at radius 2 is 1.78 bits per heavy atom. The lowest BCUT2D eigenvalue weighted by atomic mass is 9.99. The van der Waals surface area contributed by atoms with Crippen LogP contribution in [-0.2, 0) is 16.1 Å². The van der Waals surface area contributed by atoms with E-state index in [0.29, 0.717) is 11.5 Å². The van der Waals surface area contributed by atoms with Gasteiger partial charge < -0.3 is 19.5 Å². The van der Waals surface area contributed by atoms with Crippen molar-refractivity contribution in [2.24, 2.45) is 0 Å². The van der Waals surface area contributed by atoms with Gasteiger partial charge in [0.15, 0.2) is 11.5 Å². The van der Waals surface area contributed by atoms with E-state index >= 15 is 0 Å². The number of aliphatic hydroxyl groups is 1. The summed E-state index contributed by atoms with van der Waals surface area (Å²) in [6, 6.07) is 13.2. The fourth-order valence-corrected chi connectivity index (χ4v) is 4.57. The van der Waals surface area contributed by atoms with Crippen LogP contribution < -0.4 is 9.47 Å². The van der Waals surface area contributed by atoms with Crippen molar-refractivity contribution in [3.05, 3.63) is 87.4 Å². The predicted molar refractivity (Wildman–Crippen MR) is 118 cm³/mol. The van der Waals surface area contributed by atoms with Crippen LogP contribution in [0.1, 0.15) is 22.0 Å². The molecule has 1 fully saturated rings. The summed E-state index contributed by atoms with van der Waals surface area (Å²) in [6.45, 7) is 0.119. The highest BCUT2D eigenvalue weighted by Gasteiger charge is 2.46. The molecule has 0 aliphatic carbocycles. The summed E-state index contributed by atoms with van der Waals surface area (Å²) in [5.74, 6) is -1.26. The van der Waals surface area contributed by atoms with Crippen LogP contribution in [0.25, 0.3) is 5.76 Å². The number of methoxy groups -OCH3 is 2. The Morgan fingerprint density at radius 1 is 1.06 bits per heavy atom. The number of rotatable bonds is 6. The smallest absolute Gasteiger partial charge is 0.295 e. The minimum absolute atomic E-state index is 0.0236. The van der Waals surface area contributed by atoms with E-state index in [1.807, 2.05) is 11.4 Å². The molecule has 8 heteroatoms. The number of ether oxygens (including phenoxy) is 2. The minimum atomic E-state index is -0.786. The molecule has 1 atom stereocenters. The molecule has 0 radical (unpaired) electrons. The van der Waals surface area contributed by atoms with Crippen molar-refractivity contribution in [2.45, 2.75) is 12.6 Å². The summed E-state index contributed by atoms with van der Waals surface area (Å²) in [5.41, 5.74) is 0.967. The first kappa shape index (κ1) is 21.6. The van der Waals surface area contributed by atoms with E-state index in [2.05, 4.69) is 0 Å². The number of benzene rings is 2. The summed E-state index contributed by atoms with van der Waals surface area (Å²) < 4.78 is 23.9. The van der Waals surface area contributed by atoms with Crippen LogP contribution >= 0.6 is 11.3 Å². The lowest BCUT2D eigenvalue weighted by molar-refractivity contribution is -0.140. The topological polar surface area (TPSA) is 76.1 Å². The average molecular weight is 453 g/mol. The number of thiophene rings is 1. The highest BCUT2D eigenvalue weighted by molar-refractivity contribution is 7.10. The van der Waals surface area contributed by atoms with E-state index in [1.54, 1.807) is 24.3 Å². The van der Waals surface area contributed by atoms with Gasteiger partial charge in [0.2, 0.25) is 0 Å². The molecule has 2 aromatic carbocycles. The number of Topliss-reactive ketones (excluding diaryl/α,β-unsaturated/α-hetero) is 1. The van der Waals surface area contributed by atoms with Crippen LogP contribution in [0.5, 0.6) is 11.5 Å². The molecule has 1 amide bonds. The number of carbonyl (C=O) groups is 2. The van der Waals surface area contributed by atoms with Crippen molar-refractivity contribution in [1.82, 2.24) is 4.90 Å². The van der Waals surface area contributed by atoms with E-state index < -0.39 is 23.5 Å². The molecule has 1 N–H and O–H groups in total. The molecule has 0 saturated carbocycles. The van der Waals surface area contributed by atoms with E-state index in [0.717, 1.165) is 10.4 Å².